The lowest BCUT2D eigenvalue weighted by Crippen LogP contribution is -2.41. The van der Waals surface area contributed by atoms with Crippen LogP contribution in [0.1, 0.15) is 44.9 Å². The average molecular weight is 528 g/mol. The molecule has 1 unspecified atom stereocenters. The van der Waals surface area contributed by atoms with Crippen LogP contribution in [0.3, 0.4) is 0 Å². The summed E-state index contributed by atoms with van der Waals surface area (Å²) in [6.07, 6.45) is 3.93. The first-order chi connectivity index (χ1) is 13.8. The number of hydrogen-bond donors (Lipinski definition) is 2. The van der Waals surface area contributed by atoms with Gasteiger partial charge in [-0.2, -0.15) is 0 Å². The molecular weight excluding hydrogens is 495 g/mol. The molecule has 166 valence electrons. The number of guanidine groups is 1. The SMILES string of the molecule is CN=C(NCc1ccc(N2CCOC(C)C2)nc1)NCc1ncc(C(C)(C)C)o1.I. The highest BCUT2D eigenvalue weighted by atomic mass is 127. The van der Waals surface area contributed by atoms with E-state index >= 15 is 0 Å². The molecule has 1 atom stereocenters. The number of anilines is 1. The highest BCUT2D eigenvalue weighted by molar-refractivity contribution is 14.0. The molecule has 0 aliphatic carbocycles. The van der Waals surface area contributed by atoms with E-state index in [-0.39, 0.29) is 35.5 Å². The number of aromatic nitrogens is 2. The van der Waals surface area contributed by atoms with Crippen LogP contribution >= 0.6 is 24.0 Å². The average Bonchev–Trinajstić information content (AvgIpc) is 3.18. The standard InChI is InChI=1S/C21H32N6O2.HI/c1-15-14-27(8-9-28-15)18-7-6-16(10-23-18)11-25-20(22-5)26-13-19-24-12-17(29-19)21(2,3)4;/h6-7,10,12,15H,8-9,11,13-14H2,1-5H3,(H2,22,25,26);1H. The fourth-order valence-electron chi connectivity index (χ4n) is 3.04. The Hall–Kier alpha value is -1.88. The van der Waals surface area contributed by atoms with Crippen molar-refractivity contribution in [2.75, 3.05) is 31.6 Å². The zero-order valence-corrected chi connectivity index (χ0v) is 20.8. The maximum absolute atomic E-state index is 5.80. The second-order valence-corrected chi connectivity index (χ2v) is 8.30. The normalized spacial score (nSPS) is 17.4. The molecule has 0 amide bonds. The number of nitrogens with zero attached hydrogens (tertiary/aromatic N) is 4. The topological polar surface area (TPSA) is 87.8 Å². The van der Waals surface area contributed by atoms with Gasteiger partial charge in [-0.15, -0.1) is 24.0 Å². The number of oxazole rings is 1. The molecule has 0 bridgehead atoms. The Morgan fingerprint density at radius 3 is 2.57 bits per heavy atom. The van der Waals surface area contributed by atoms with Crippen LogP contribution in [0, 0.1) is 0 Å². The van der Waals surface area contributed by atoms with E-state index in [1.807, 2.05) is 6.20 Å². The molecule has 0 saturated carbocycles. The van der Waals surface area contributed by atoms with Crippen molar-refractivity contribution < 1.29 is 9.15 Å². The van der Waals surface area contributed by atoms with Crippen LogP contribution in [0.25, 0.3) is 0 Å². The highest BCUT2D eigenvalue weighted by Crippen LogP contribution is 2.22. The lowest BCUT2D eigenvalue weighted by atomic mass is 9.94. The molecule has 9 heteroatoms. The second kappa shape index (κ2) is 10.9. The third-order valence-electron chi connectivity index (χ3n) is 4.76. The van der Waals surface area contributed by atoms with Gasteiger partial charge >= 0.3 is 0 Å². The Morgan fingerprint density at radius 1 is 1.20 bits per heavy atom. The number of ether oxygens (including phenoxy) is 1. The number of nitrogens with one attached hydrogen (secondary N) is 2. The third kappa shape index (κ3) is 6.83. The van der Waals surface area contributed by atoms with Crippen LogP contribution in [0.5, 0.6) is 0 Å². The van der Waals surface area contributed by atoms with E-state index in [1.165, 1.54) is 0 Å². The van der Waals surface area contributed by atoms with Crippen molar-refractivity contribution in [2.45, 2.75) is 52.3 Å². The minimum absolute atomic E-state index is 0. The summed E-state index contributed by atoms with van der Waals surface area (Å²) in [4.78, 5) is 15.4. The molecule has 0 aromatic carbocycles. The first kappa shape index (κ1) is 24.4. The summed E-state index contributed by atoms with van der Waals surface area (Å²) in [5.41, 5.74) is 1.04. The van der Waals surface area contributed by atoms with Gasteiger partial charge < -0.3 is 24.7 Å². The molecule has 8 nitrogen and oxygen atoms in total. The van der Waals surface area contributed by atoms with Crippen LogP contribution in [-0.4, -0.2) is 48.8 Å². The van der Waals surface area contributed by atoms with Crippen LogP contribution < -0.4 is 15.5 Å². The molecule has 2 N–H and O–H groups in total. The van der Waals surface area contributed by atoms with E-state index in [1.54, 1.807) is 13.2 Å². The number of morpholine rings is 1. The molecule has 3 rings (SSSR count). The van der Waals surface area contributed by atoms with Gasteiger partial charge in [0.1, 0.15) is 11.6 Å². The lowest BCUT2D eigenvalue weighted by molar-refractivity contribution is 0.0529. The van der Waals surface area contributed by atoms with Crippen molar-refractivity contribution in [3.63, 3.8) is 0 Å². The molecule has 1 aliphatic rings. The smallest absolute Gasteiger partial charge is 0.213 e. The molecule has 1 aliphatic heterocycles. The Labute approximate surface area is 195 Å². The van der Waals surface area contributed by atoms with Gasteiger partial charge in [0.2, 0.25) is 5.89 Å². The van der Waals surface area contributed by atoms with Gasteiger partial charge in [0.25, 0.3) is 0 Å². The van der Waals surface area contributed by atoms with Crippen molar-refractivity contribution in [3.8, 4) is 0 Å². The molecule has 3 heterocycles. The first-order valence-corrected chi connectivity index (χ1v) is 10.1. The fourth-order valence-corrected chi connectivity index (χ4v) is 3.04. The molecule has 1 fully saturated rings. The summed E-state index contributed by atoms with van der Waals surface area (Å²) < 4.78 is 11.4. The zero-order chi connectivity index (χ0) is 20.9. The molecule has 2 aromatic rings. The van der Waals surface area contributed by atoms with E-state index < -0.39 is 0 Å². The minimum Gasteiger partial charge on any atom is -0.443 e. The number of rotatable bonds is 5. The molecular formula is C21H33IN6O2. The fraction of sp³-hybridized carbons (Fsp3) is 0.571. The summed E-state index contributed by atoms with van der Waals surface area (Å²) in [5, 5.41) is 6.52. The van der Waals surface area contributed by atoms with E-state index in [0.717, 1.165) is 36.8 Å². The zero-order valence-electron chi connectivity index (χ0n) is 18.4. The Morgan fingerprint density at radius 2 is 1.97 bits per heavy atom. The van der Waals surface area contributed by atoms with Crippen molar-refractivity contribution in [1.29, 1.82) is 0 Å². The first-order valence-electron chi connectivity index (χ1n) is 10.1. The predicted molar refractivity (Wildman–Crippen MR) is 130 cm³/mol. The quantitative estimate of drug-likeness (QED) is 0.351. The maximum Gasteiger partial charge on any atom is 0.213 e. The minimum atomic E-state index is -0.0520. The molecule has 0 spiro atoms. The number of halogens is 1. The van der Waals surface area contributed by atoms with E-state index in [4.69, 9.17) is 9.15 Å². The van der Waals surface area contributed by atoms with Gasteiger partial charge in [-0.05, 0) is 18.6 Å². The van der Waals surface area contributed by atoms with Gasteiger partial charge in [0.15, 0.2) is 5.96 Å². The van der Waals surface area contributed by atoms with Gasteiger partial charge in [-0.1, -0.05) is 26.8 Å². The van der Waals surface area contributed by atoms with Crippen LogP contribution in [0.2, 0.25) is 0 Å². The molecule has 30 heavy (non-hydrogen) atoms. The van der Waals surface area contributed by atoms with E-state index in [0.29, 0.717) is 24.9 Å². The predicted octanol–water partition coefficient (Wildman–Crippen LogP) is 3.08. The van der Waals surface area contributed by atoms with E-state index in [2.05, 4.69) is 70.3 Å². The van der Waals surface area contributed by atoms with Gasteiger partial charge in [-0.25, -0.2) is 9.97 Å². The summed E-state index contributed by atoms with van der Waals surface area (Å²) in [6.45, 7) is 12.0. The Balaban J connectivity index is 0.00000320. The number of pyridine rings is 1. The summed E-state index contributed by atoms with van der Waals surface area (Å²) in [6, 6.07) is 4.15. The van der Waals surface area contributed by atoms with Crippen molar-refractivity contribution in [3.05, 3.63) is 41.7 Å². The summed E-state index contributed by atoms with van der Waals surface area (Å²) in [5.74, 6) is 3.19. The van der Waals surface area contributed by atoms with Gasteiger partial charge in [0.05, 0.1) is 25.5 Å². The van der Waals surface area contributed by atoms with Crippen molar-refractivity contribution in [1.82, 2.24) is 20.6 Å². The Kier molecular flexibility index (Phi) is 8.90. The Bertz CT molecular complexity index is 816. The van der Waals surface area contributed by atoms with Crippen LogP contribution in [0.4, 0.5) is 5.82 Å². The number of hydrogen-bond acceptors (Lipinski definition) is 6. The van der Waals surface area contributed by atoms with Gasteiger partial charge in [-0.3, -0.25) is 4.99 Å². The van der Waals surface area contributed by atoms with Crippen molar-refractivity contribution in [2.24, 2.45) is 4.99 Å². The van der Waals surface area contributed by atoms with E-state index in [9.17, 15) is 0 Å². The monoisotopic (exact) mass is 528 g/mol. The largest absolute Gasteiger partial charge is 0.443 e. The molecule has 2 aromatic heterocycles. The second-order valence-electron chi connectivity index (χ2n) is 8.30. The van der Waals surface area contributed by atoms with Crippen LogP contribution in [0.15, 0.2) is 33.9 Å². The number of aliphatic imine (C=N–C) groups is 1. The molecule has 1 saturated heterocycles. The molecule has 0 radical (unpaired) electrons. The van der Waals surface area contributed by atoms with Gasteiger partial charge in [0, 0.05) is 38.3 Å². The van der Waals surface area contributed by atoms with Crippen molar-refractivity contribution >= 4 is 35.8 Å². The summed E-state index contributed by atoms with van der Waals surface area (Å²) >= 11 is 0. The third-order valence-corrected chi connectivity index (χ3v) is 4.76. The maximum atomic E-state index is 5.80. The highest BCUT2D eigenvalue weighted by Gasteiger charge is 2.19. The van der Waals surface area contributed by atoms with Crippen LogP contribution in [-0.2, 0) is 23.2 Å². The lowest BCUT2D eigenvalue weighted by Gasteiger charge is -2.32. The summed E-state index contributed by atoms with van der Waals surface area (Å²) in [7, 11) is 1.74.